The minimum Gasteiger partial charge on any atom is -0.381 e. The molecule has 96 valence electrons. The van der Waals surface area contributed by atoms with Crippen LogP contribution in [0.25, 0.3) is 0 Å². The molecule has 0 saturated heterocycles. The van der Waals surface area contributed by atoms with E-state index in [4.69, 9.17) is 4.74 Å². The van der Waals surface area contributed by atoms with E-state index in [0.717, 1.165) is 24.6 Å². The molecule has 0 aliphatic heterocycles. The maximum absolute atomic E-state index is 11.7. The quantitative estimate of drug-likeness (QED) is 0.572. The Morgan fingerprint density at radius 2 is 2.19 bits per heavy atom. The highest BCUT2D eigenvalue weighted by Gasteiger charge is 2.29. The first-order valence-corrected chi connectivity index (χ1v) is 8.50. The molecule has 0 heterocycles. The van der Waals surface area contributed by atoms with Gasteiger partial charge in [-0.15, -0.1) is 0 Å². The summed E-state index contributed by atoms with van der Waals surface area (Å²) in [5.41, 5.74) is 0. The summed E-state index contributed by atoms with van der Waals surface area (Å²) < 4.78 is 31.3. The molecular formula is C10H20BrNO3S. The Labute approximate surface area is 106 Å². The number of hydrogen-bond donors (Lipinski definition) is 1. The van der Waals surface area contributed by atoms with Gasteiger partial charge in [-0.1, -0.05) is 22.4 Å². The van der Waals surface area contributed by atoms with Crippen molar-refractivity contribution in [1.29, 1.82) is 0 Å². The zero-order chi connectivity index (χ0) is 12.0. The van der Waals surface area contributed by atoms with Crippen LogP contribution < -0.4 is 4.72 Å². The van der Waals surface area contributed by atoms with Crippen molar-refractivity contribution in [2.45, 2.75) is 32.2 Å². The molecule has 0 aromatic carbocycles. The van der Waals surface area contributed by atoms with Gasteiger partial charge < -0.3 is 4.74 Å². The van der Waals surface area contributed by atoms with Crippen molar-refractivity contribution in [3.8, 4) is 0 Å². The monoisotopic (exact) mass is 313 g/mol. The molecule has 1 fully saturated rings. The number of sulfonamides is 1. The van der Waals surface area contributed by atoms with Gasteiger partial charge in [0.2, 0.25) is 10.0 Å². The Bertz CT molecular complexity index is 294. The second kappa shape index (κ2) is 6.93. The lowest BCUT2D eigenvalue weighted by Crippen LogP contribution is -2.39. The first-order valence-electron chi connectivity index (χ1n) is 5.72. The predicted octanol–water partition coefficient (Wildman–Crippen LogP) is 1.51. The van der Waals surface area contributed by atoms with Crippen LogP contribution >= 0.6 is 15.9 Å². The lowest BCUT2D eigenvalue weighted by atomic mass is 10.1. The van der Waals surface area contributed by atoms with Gasteiger partial charge in [-0.3, -0.25) is 0 Å². The van der Waals surface area contributed by atoms with Gasteiger partial charge in [0.05, 0.1) is 12.4 Å². The molecule has 2 unspecified atom stereocenters. The van der Waals surface area contributed by atoms with Crippen molar-refractivity contribution in [3.05, 3.63) is 0 Å². The van der Waals surface area contributed by atoms with Crippen LogP contribution in [0.4, 0.5) is 0 Å². The van der Waals surface area contributed by atoms with Crippen molar-refractivity contribution in [3.63, 3.8) is 0 Å². The van der Waals surface area contributed by atoms with Crippen LogP contribution in [0.1, 0.15) is 26.2 Å². The average molecular weight is 314 g/mol. The summed E-state index contributed by atoms with van der Waals surface area (Å²) in [6, 6.07) is 0.103. The minimum atomic E-state index is -3.18. The van der Waals surface area contributed by atoms with E-state index in [1.165, 1.54) is 0 Å². The van der Waals surface area contributed by atoms with Gasteiger partial charge >= 0.3 is 0 Å². The zero-order valence-corrected chi connectivity index (χ0v) is 12.0. The standard InChI is InChI=1S/C10H20BrNO3S/c1-2-15-6-7-16(13,14)12-10-5-3-4-9(10)8-11/h9-10,12H,2-8H2,1H3. The summed E-state index contributed by atoms with van der Waals surface area (Å²) in [7, 11) is -3.18. The van der Waals surface area contributed by atoms with Gasteiger partial charge in [-0.05, 0) is 25.7 Å². The first-order chi connectivity index (χ1) is 7.59. The summed E-state index contributed by atoms with van der Waals surface area (Å²) in [6.07, 6.45) is 3.16. The van der Waals surface area contributed by atoms with E-state index in [2.05, 4.69) is 20.7 Å². The number of alkyl halides is 1. The minimum absolute atomic E-state index is 0.0619. The van der Waals surface area contributed by atoms with Gasteiger partial charge in [-0.25, -0.2) is 13.1 Å². The lowest BCUT2D eigenvalue weighted by molar-refractivity contribution is 0.163. The van der Waals surface area contributed by atoms with Crippen LogP contribution in [-0.4, -0.2) is 38.8 Å². The van der Waals surface area contributed by atoms with E-state index in [-0.39, 0.29) is 18.4 Å². The Hall–Kier alpha value is 0.350. The summed E-state index contributed by atoms with van der Waals surface area (Å²) in [5, 5.41) is 0.867. The highest BCUT2D eigenvalue weighted by atomic mass is 79.9. The second-order valence-corrected chi connectivity index (χ2v) is 6.61. The molecule has 1 aliphatic carbocycles. The Kier molecular flexibility index (Phi) is 6.25. The Balaban J connectivity index is 2.39. The Morgan fingerprint density at radius 3 is 2.81 bits per heavy atom. The molecule has 6 heteroatoms. The van der Waals surface area contributed by atoms with E-state index in [0.29, 0.717) is 12.5 Å². The molecular weight excluding hydrogens is 294 g/mol. The van der Waals surface area contributed by atoms with Crippen molar-refractivity contribution in [2.24, 2.45) is 5.92 Å². The number of halogens is 1. The molecule has 0 bridgehead atoms. The molecule has 4 nitrogen and oxygen atoms in total. The third kappa shape index (κ3) is 4.69. The van der Waals surface area contributed by atoms with E-state index in [1.807, 2.05) is 6.92 Å². The molecule has 1 N–H and O–H groups in total. The van der Waals surface area contributed by atoms with Gasteiger partial charge in [-0.2, -0.15) is 0 Å². The second-order valence-electron chi connectivity index (χ2n) is 4.09. The van der Waals surface area contributed by atoms with Crippen molar-refractivity contribution in [2.75, 3.05) is 24.3 Å². The molecule has 0 aromatic rings. The number of rotatable bonds is 7. The molecule has 16 heavy (non-hydrogen) atoms. The fourth-order valence-electron chi connectivity index (χ4n) is 1.98. The van der Waals surface area contributed by atoms with Gasteiger partial charge in [0.1, 0.15) is 0 Å². The topological polar surface area (TPSA) is 55.4 Å². The molecule has 1 saturated carbocycles. The van der Waals surface area contributed by atoms with Crippen LogP contribution in [0.5, 0.6) is 0 Å². The fraction of sp³-hybridized carbons (Fsp3) is 1.00. The maximum Gasteiger partial charge on any atom is 0.214 e. The Morgan fingerprint density at radius 1 is 1.44 bits per heavy atom. The number of hydrogen-bond acceptors (Lipinski definition) is 3. The lowest BCUT2D eigenvalue weighted by Gasteiger charge is -2.18. The normalized spacial score (nSPS) is 26.1. The summed E-state index contributed by atoms with van der Waals surface area (Å²) >= 11 is 3.43. The summed E-state index contributed by atoms with van der Waals surface area (Å²) in [6.45, 7) is 2.69. The van der Waals surface area contributed by atoms with E-state index >= 15 is 0 Å². The van der Waals surface area contributed by atoms with Gasteiger partial charge in [0, 0.05) is 18.0 Å². The van der Waals surface area contributed by atoms with Crippen LogP contribution in [0.3, 0.4) is 0 Å². The van der Waals surface area contributed by atoms with Crippen LogP contribution in [0.2, 0.25) is 0 Å². The number of nitrogens with one attached hydrogen (secondary N) is 1. The van der Waals surface area contributed by atoms with Crippen molar-refractivity contribution >= 4 is 26.0 Å². The highest BCUT2D eigenvalue weighted by molar-refractivity contribution is 9.09. The highest BCUT2D eigenvalue weighted by Crippen LogP contribution is 2.27. The molecule has 0 spiro atoms. The molecule has 0 aromatic heterocycles. The maximum atomic E-state index is 11.7. The summed E-state index contributed by atoms with van der Waals surface area (Å²) in [5.74, 6) is 0.494. The smallest absolute Gasteiger partial charge is 0.214 e. The summed E-state index contributed by atoms with van der Waals surface area (Å²) in [4.78, 5) is 0. The van der Waals surface area contributed by atoms with Crippen LogP contribution in [-0.2, 0) is 14.8 Å². The third-order valence-corrected chi connectivity index (χ3v) is 5.09. The van der Waals surface area contributed by atoms with Crippen molar-refractivity contribution in [1.82, 2.24) is 4.72 Å². The zero-order valence-electron chi connectivity index (χ0n) is 9.62. The van der Waals surface area contributed by atoms with E-state index in [1.54, 1.807) is 0 Å². The number of ether oxygens (including phenoxy) is 1. The van der Waals surface area contributed by atoms with Gasteiger partial charge in [0.25, 0.3) is 0 Å². The van der Waals surface area contributed by atoms with E-state index < -0.39 is 10.0 Å². The molecule has 1 aliphatic rings. The largest absolute Gasteiger partial charge is 0.381 e. The fourth-order valence-corrected chi connectivity index (χ4v) is 3.98. The molecule has 2 atom stereocenters. The van der Waals surface area contributed by atoms with Gasteiger partial charge in [0.15, 0.2) is 0 Å². The SMILES string of the molecule is CCOCCS(=O)(=O)NC1CCCC1CBr. The van der Waals surface area contributed by atoms with Crippen LogP contribution in [0, 0.1) is 5.92 Å². The molecule has 1 rings (SSSR count). The van der Waals surface area contributed by atoms with E-state index in [9.17, 15) is 8.42 Å². The molecule has 0 radical (unpaired) electrons. The first kappa shape index (κ1) is 14.4. The molecule has 0 amide bonds. The average Bonchev–Trinajstić information content (AvgIpc) is 2.64. The van der Waals surface area contributed by atoms with Crippen molar-refractivity contribution < 1.29 is 13.2 Å². The predicted molar refractivity (Wildman–Crippen MR) is 68.3 cm³/mol. The third-order valence-electron chi connectivity index (χ3n) is 2.89. The van der Waals surface area contributed by atoms with Crippen LogP contribution in [0.15, 0.2) is 0 Å².